The van der Waals surface area contributed by atoms with Crippen molar-refractivity contribution in [2.45, 2.75) is 18.5 Å². The lowest BCUT2D eigenvalue weighted by Gasteiger charge is -2.16. The highest BCUT2D eigenvalue weighted by molar-refractivity contribution is 6.33. The van der Waals surface area contributed by atoms with Gasteiger partial charge in [-0.2, -0.15) is 18.4 Å². The monoisotopic (exact) mass is 346 g/mol. The van der Waals surface area contributed by atoms with Gasteiger partial charge in [-0.3, -0.25) is 4.79 Å². The minimum atomic E-state index is -4.56. The van der Waals surface area contributed by atoms with Gasteiger partial charge >= 0.3 is 6.18 Å². The van der Waals surface area contributed by atoms with E-state index in [9.17, 15) is 18.0 Å². The molecule has 122 valence electrons. The summed E-state index contributed by atoms with van der Waals surface area (Å²) in [7, 11) is 0. The molecule has 0 aliphatic carbocycles. The summed E-state index contributed by atoms with van der Waals surface area (Å²) < 4.78 is 37.8. The summed E-state index contributed by atoms with van der Waals surface area (Å²) in [4.78, 5) is 17.4. The third kappa shape index (κ3) is 3.11. The Hall–Kier alpha value is -2.23. The van der Waals surface area contributed by atoms with E-state index in [1.165, 1.54) is 4.90 Å². The van der Waals surface area contributed by atoms with Gasteiger partial charge in [-0.25, -0.2) is 4.98 Å². The molecule has 2 aromatic heterocycles. The first-order valence-corrected chi connectivity index (χ1v) is 6.99. The minimum absolute atomic E-state index is 0.0778. The standard InChI is InChI=1S/C12H10ClF3N6O/c13-8-3-7(12(14,15)16)4-17-9(8)11(23)22-2-1-6(5-22)10-18-20-21-19-10/h3-4,6H,1-2,5H2,(H,18,19,20,21). The molecular weight excluding hydrogens is 337 g/mol. The maximum atomic E-state index is 12.6. The van der Waals surface area contributed by atoms with Crippen LogP contribution in [-0.2, 0) is 6.18 Å². The molecule has 1 atom stereocenters. The Balaban J connectivity index is 1.76. The van der Waals surface area contributed by atoms with Gasteiger partial charge in [0.1, 0.15) is 5.69 Å². The van der Waals surface area contributed by atoms with Crippen molar-refractivity contribution in [2.75, 3.05) is 13.1 Å². The number of amides is 1. The molecule has 0 radical (unpaired) electrons. The van der Waals surface area contributed by atoms with Gasteiger partial charge < -0.3 is 4.90 Å². The number of likely N-dealkylation sites (tertiary alicyclic amines) is 1. The Kier molecular flexibility index (Phi) is 3.92. The summed E-state index contributed by atoms with van der Waals surface area (Å²) in [5.74, 6) is -0.104. The lowest BCUT2D eigenvalue weighted by molar-refractivity contribution is -0.137. The van der Waals surface area contributed by atoms with E-state index in [-0.39, 0.29) is 16.6 Å². The molecule has 1 amide bonds. The largest absolute Gasteiger partial charge is 0.417 e. The van der Waals surface area contributed by atoms with Crippen LogP contribution in [0.1, 0.15) is 34.2 Å². The summed E-state index contributed by atoms with van der Waals surface area (Å²) >= 11 is 5.79. The smallest absolute Gasteiger partial charge is 0.337 e. The third-order valence-corrected chi connectivity index (χ3v) is 3.86. The van der Waals surface area contributed by atoms with Crippen molar-refractivity contribution in [3.8, 4) is 0 Å². The molecule has 1 unspecified atom stereocenters. The number of pyridine rings is 1. The van der Waals surface area contributed by atoms with Crippen LogP contribution in [0.5, 0.6) is 0 Å². The predicted octanol–water partition coefficient (Wildman–Crippen LogP) is 1.90. The molecule has 0 saturated carbocycles. The first-order valence-electron chi connectivity index (χ1n) is 6.61. The first kappa shape index (κ1) is 15.7. The van der Waals surface area contributed by atoms with Crippen molar-refractivity contribution in [2.24, 2.45) is 0 Å². The van der Waals surface area contributed by atoms with Gasteiger partial charge in [0.15, 0.2) is 5.82 Å². The average Bonchev–Trinajstić information content (AvgIpc) is 3.16. The Morgan fingerprint density at radius 2 is 2.22 bits per heavy atom. The number of carbonyl (C=O) groups excluding carboxylic acids is 1. The van der Waals surface area contributed by atoms with Crippen molar-refractivity contribution >= 4 is 17.5 Å². The van der Waals surface area contributed by atoms with Crippen molar-refractivity contribution in [1.29, 1.82) is 0 Å². The van der Waals surface area contributed by atoms with E-state index in [0.717, 1.165) is 0 Å². The average molecular weight is 347 g/mol. The molecule has 2 aromatic rings. The Labute approximate surface area is 132 Å². The molecule has 1 aliphatic heterocycles. The number of tetrazole rings is 1. The molecule has 1 fully saturated rings. The molecule has 7 nitrogen and oxygen atoms in total. The van der Waals surface area contributed by atoms with Crippen LogP contribution in [0.2, 0.25) is 5.02 Å². The molecule has 1 N–H and O–H groups in total. The number of carbonyl (C=O) groups is 1. The van der Waals surface area contributed by atoms with E-state index in [1.54, 1.807) is 0 Å². The van der Waals surface area contributed by atoms with Crippen LogP contribution in [0.15, 0.2) is 12.3 Å². The van der Waals surface area contributed by atoms with E-state index in [4.69, 9.17) is 11.6 Å². The van der Waals surface area contributed by atoms with E-state index in [2.05, 4.69) is 25.6 Å². The number of hydrogen-bond donors (Lipinski definition) is 1. The zero-order valence-corrected chi connectivity index (χ0v) is 12.3. The highest BCUT2D eigenvalue weighted by Crippen LogP contribution is 2.32. The van der Waals surface area contributed by atoms with Crippen molar-refractivity contribution < 1.29 is 18.0 Å². The van der Waals surface area contributed by atoms with Gasteiger partial charge in [0.2, 0.25) is 0 Å². The van der Waals surface area contributed by atoms with Gasteiger partial charge in [0.05, 0.1) is 10.6 Å². The normalized spacial score (nSPS) is 18.4. The molecule has 0 aromatic carbocycles. The number of H-pyrrole nitrogens is 1. The molecule has 3 rings (SSSR count). The molecule has 23 heavy (non-hydrogen) atoms. The Morgan fingerprint density at radius 3 is 2.83 bits per heavy atom. The quantitative estimate of drug-likeness (QED) is 0.897. The molecule has 0 bridgehead atoms. The SMILES string of the molecule is O=C(c1ncc(C(F)(F)F)cc1Cl)N1CCC(c2nn[nH]n2)C1. The number of rotatable bonds is 2. The van der Waals surface area contributed by atoms with E-state index in [1.807, 2.05) is 0 Å². The fourth-order valence-corrected chi connectivity index (χ4v) is 2.65. The highest BCUT2D eigenvalue weighted by atomic mass is 35.5. The molecule has 3 heterocycles. The lowest BCUT2D eigenvalue weighted by atomic mass is 10.1. The van der Waals surface area contributed by atoms with Gasteiger partial charge in [-0.15, -0.1) is 10.2 Å². The maximum absolute atomic E-state index is 12.6. The number of aromatic nitrogens is 5. The van der Waals surface area contributed by atoms with Crippen LogP contribution in [-0.4, -0.2) is 49.5 Å². The first-order chi connectivity index (χ1) is 10.9. The fraction of sp³-hybridized carbons (Fsp3) is 0.417. The molecule has 1 saturated heterocycles. The second kappa shape index (κ2) is 5.76. The Bertz CT molecular complexity index is 720. The zero-order chi connectivity index (χ0) is 16.6. The van der Waals surface area contributed by atoms with Gasteiger partial charge in [-0.05, 0) is 12.5 Å². The molecule has 1 aliphatic rings. The molecular formula is C12H10ClF3N6O. The number of alkyl halides is 3. The minimum Gasteiger partial charge on any atom is -0.337 e. The third-order valence-electron chi connectivity index (χ3n) is 3.57. The van der Waals surface area contributed by atoms with Crippen LogP contribution in [0.4, 0.5) is 13.2 Å². The second-order valence-electron chi connectivity index (χ2n) is 5.06. The van der Waals surface area contributed by atoms with E-state index in [0.29, 0.717) is 37.6 Å². The summed E-state index contributed by atoms with van der Waals surface area (Å²) in [6, 6.07) is 0.703. The van der Waals surface area contributed by atoms with Gasteiger partial charge in [0.25, 0.3) is 5.91 Å². The summed E-state index contributed by atoms with van der Waals surface area (Å²) in [6.45, 7) is 0.745. The van der Waals surface area contributed by atoms with Crippen molar-refractivity contribution in [3.63, 3.8) is 0 Å². The summed E-state index contributed by atoms with van der Waals surface area (Å²) in [5, 5.41) is 13.2. The van der Waals surface area contributed by atoms with E-state index < -0.39 is 17.6 Å². The number of nitrogens with zero attached hydrogens (tertiary/aromatic N) is 5. The topological polar surface area (TPSA) is 87.7 Å². The zero-order valence-electron chi connectivity index (χ0n) is 11.5. The number of nitrogens with one attached hydrogen (secondary N) is 1. The van der Waals surface area contributed by atoms with Crippen LogP contribution in [0, 0.1) is 0 Å². The maximum Gasteiger partial charge on any atom is 0.417 e. The predicted molar refractivity (Wildman–Crippen MR) is 71.7 cm³/mol. The highest BCUT2D eigenvalue weighted by Gasteiger charge is 2.34. The van der Waals surface area contributed by atoms with Crippen LogP contribution in [0.25, 0.3) is 0 Å². The van der Waals surface area contributed by atoms with Crippen molar-refractivity contribution in [3.05, 3.63) is 34.4 Å². The van der Waals surface area contributed by atoms with Gasteiger partial charge in [-0.1, -0.05) is 16.8 Å². The van der Waals surface area contributed by atoms with Crippen LogP contribution in [0.3, 0.4) is 0 Å². The second-order valence-corrected chi connectivity index (χ2v) is 5.47. The van der Waals surface area contributed by atoms with Crippen LogP contribution >= 0.6 is 11.6 Å². The lowest BCUT2D eigenvalue weighted by Crippen LogP contribution is -2.29. The number of hydrogen-bond acceptors (Lipinski definition) is 5. The van der Waals surface area contributed by atoms with Crippen molar-refractivity contribution in [1.82, 2.24) is 30.5 Å². The van der Waals surface area contributed by atoms with Crippen LogP contribution < -0.4 is 0 Å². The number of aromatic amines is 1. The molecule has 11 heteroatoms. The Morgan fingerprint density at radius 1 is 1.43 bits per heavy atom. The van der Waals surface area contributed by atoms with E-state index >= 15 is 0 Å². The number of halogens is 4. The summed E-state index contributed by atoms with van der Waals surface area (Å²) in [6.07, 6.45) is -3.33. The summed E-state index contributed by atoms with van der Waals surface area (Å²) in [5.41, 5.74) is -1.20. The van der Waals surface area contributed by atoms with Gasteiger partial charge in [0, 0.05) is 25.2 Å². The molecule has 0 spiro atoms. The fourth-order valence-electron chi connectivity index (χ4n) is 2.40.